The number of rotatable bonds is 3. The Balaban J connectivity index is 2.04. The summed E-state index contributed by atoms with van der Waals surface area (Å²) in [7, 11) is 0. The van der Waals surface area contributed by atoms with Crippen molar-refractivity contribution in [2.45, 2.75) is 13.5 Å². The van der Waals surface area contributed by atoms with Gasteiger partial charge < -0.3 is 5.32 Å². The normalized spacial score (nSPS) is 10.3. The molecule has 0 aliphatic rings. The summed E-state index contributed by atoms with van der Waals surface area (Å²) in [5.41, 5.74) is 3.32. The van der Waals surface area contributed by atoms with E-state index in [0.29, 0.717) is 6.54 Å². The maximum Gasteiger partial charge on any atom is 0.123 e. The molecule has 0 atom stereocenters. The molecule has 2 aromatic rings. The molecule has 3 heteroatoms. The van der Waals surface area contributed by atoms with E-state index in [2.05, 4.69) is 46.4 Å². The predicted molar refractivity (Wildman–Crippen MR) is 72.6 cm³/mol. The van der Waals surface area contributed by atoms with Crippen LogP contribution in [-0.2, 0) is 6.54 Å². The first kappa shape index (κ1) is 12.1. The van der Waals surface area contributed by atoms with Crippen molar-refractivity contribution >= 4 is 21.6 Å². The van der Waals surface area contributed by atoms with Crippen molar-refractivity contribution in [2.24, 2.45) is 0 Å². The van der Waals surface area contributed by atoms with E-state index in [-0.39, 0.29) is 5.82 Å². The average molecular weight is 294 g/mol. The number of aryl methyl sites for hydroxylation is 1. The first-order chi connectivity index (χ1) is 8.15. The van der Waals surface area contributed by atoms with E-state index >= 15 is 0 Å². The van der Waals surface area contributed by atoms with Gasteiger partial charge in [-0.2, -0.15) is 0 Å². The van der Waals surface area contributed by atoms with Crippen LogP contribution in [0.1, 0.15) is 11.1 Å². The van der Waals surface area contributed by atoms with Crippen LogP contribution in [0.2, 0.25) is 0 Å². The fraction of sp³-hybridized carbons (Fsp3) is 0.143. The molecule has 0 aliphatic carbocycles. The lowest BCUT2D eigenvalue weighted by Crippen LogP contribution is -2.00. The van der Waals surface area contributed by atoms with Crippen LogP contribution in [0, 0.1) is 12.7 Å². The topological polar surface area (TPSA) is 12.0 Å². The third kappa shape index (κ3) is 3.30. The number of hydrogen-bond donors (Lipinski definition) is 1. The number of halogens is 2. The zero-order valence-corrected chi connectivity index (χ0v) is 11.1. The van der Waals surface area contributed by atoms with Crippen LogP contribution < -0.4 is 5.32 Å². The molecule has 1 N–H and O–H groups in total. The Hall–Kier alpha value is -1.35. The molecule has 88 valence electrons. The molecule has 17 heavy (non-hydrogen) atoms. The van der Waals surface area contributed by atoms with Crippen molar-refractivity contribution < 1.29 is 4.39 Å². The highest BCUT2D eigenvalue weighted by Gasteiger charge is 2.00. The summed E-state index contributed by atoms with van der Waals surface area (Å²) >= 11 is 3.53. The largest absolute Gasteiger partial charge is 0.381 e. The minimum Gasteiger partial charge on any atom is -0.381 e. The van der Waals surface area contributed by atoms with Gasteiger partial charge in [0.2, 0.25) is 0 Å². The molecule has 0 aromatic heterocycles. The number of hydrogen-bond acceptors (Lipinski definition) is 1. The van der Waals surface area contributed by atoms with Crippen molar-refractivity contribution in [3.63, 3.8) is 0 Å². The van der Waals surface area contributed by atoms with E-state index in [9.17, 15) is 4.39 Å². The van der Waals surface area contributed by atoms with Gasteiger partial charge in [-0.3, -0.25) is 0 Å². The minimum absolute atomic E-state index is 0.216. The lowest BCUT2D eigenvalue weighted by Gasteiger charge is -2.08. The Kier molecular flexibility index (Phi) is 3.79. The van der Waals surface area contributed by atoms with E-state index < -0.39 is 0 Å². The lowest BCUT2D eigenvalue weighted by molar-refractivity contribution is 0.628. The third-order valence-electron chi connectivity index (χ3n) is 2.54. The lowest BCUT2D eigenvalue weighted by atomic mass is 10.1. The standard InChI is InChI=1S/C14H13BrFN/c1-10-2-3-11(14(15)8-10)9-17-13-6-4-12(16)5-7-13/h2-8,17H,9H2,1H3. The molecule has 2 rings (SSSR count). The average Bonchev–Trinajstić information content (AvgIpc) is 2.30. The molecule has 0 unspecified atom stereocenters. The summed E-state index contributed by atoms with van der Waals surface area (Å²) < 4.78 is 13.8. The first-order valence-corrected chi connectivity index (χ1v) is 6.19. The highest BCUT2D eigenvalue weighted by atomic mass is 79.9. The van der Waals surface area contributed by atoms with Crippen molar-refractivity contribution in [3.05, 3.63) is 63.9 Å². The summed E-state index contributed by atoms with van der Waals surface area (Å²) in [4.78, 5) is 0. The van der Waals surface area contributed by atoms with Gasteiger partial charge in [0.25, 0.3) is 0 Å². The van der Waals surface area contributed by atoms with Crippen molar-refractivity contribution in [2.75, 3.05) is 5.32 Å². The molecule has 0 heterocycles. The predicted octanol–water partition coefficient (Wildman–Crippen LogP) is 4.51. The van der Waals surface area contributed by atoms with Crippen LogP contribution in [0.4, 0.5) is 10.1 Å². The minimum atomic E-state index is -0.216. The quantitative estimate of drug-likeness (QED) is 0.878. The molecule has 0 fully saturated rings. The second-order valence-corrected chi connectivity index (χ2v) is 4.81. The molecule has 0 spiro atoms. The van der Waals surface area contributed by atoms with Crippen LogP contribution in [0.5, 0.6) is 0 Å². The van der Waals surface area contributed by atoms with Gasteiger partial charge in [-0.15, -0.1) is 0 Å². The first-order valence-electron chi connectivity index (χ1n) is 5.39. The third-order valence-corrected chi connectivity index (χ3v) is 3.27. The Morgan fingerprint density at radius 3 is 2.47 bits per heavy atom. The summed E-state index contributed by atoms with van der Waals surface area (Å²) in [6.07, 6.45) is 0. The summed E-state index contributed by atoms with van der Waals surface area (Å²) in [5, 5.41) is 3.25. The molecule has 0 amide bonds. The molecule has 0 saturated carbocycles. The van der Waals surface area contributed by atoms with Crippen LogP contribution in [0.3, 0.4) is 0 Å². The smallest absolute Gasteiger partial charge is 0.123 e. The summed E-state index contributed by atoms with van der Waals surface area (Å²) in [5.74, 6) is -0.216. The zero-order chi connectivity index (χ0) is 12.3. The van der Waals surface area contributed by atoms with Crippen LogP contribution >= 0.6 is 15.9 Å². The Labute approximate surface area is 109 Å². The second-order valence-electron chi connectivity index (χ2n) is 3.96. The van der Waals surface area contributed by atoms with Crippen LogP contribution in [0.25, 0.3) is 0 Å². The van der Waals surface area contributed by atoms with E-state index in [1.807, 2.05) is 0 Å². The van der Waals surface area contributed by atoms with E-state index in [0.717, 1.165) is 10.2 Å². The van der Waals surface area contributed by atoms with Gasteiger partial charge >= 0.3 is 0 Å². The van der Waals surface area contributed by atoms with Crippen molar-refractivity contribution in [3.8, 4) is 0 Å². The monoisotopic (exact) mass is 293 g/mol. The number of anilines is 1. The molecule has 0 radical (unpaired) electrons. The molecule has 0 aliphatic heterocycles. The van der Waals surface area contributed by atoms with Gasteiger partial charge in [-0.1, -0.05) is 28.1 Å². The van der Waals surface area contributed by atoms with Crippen molar-refractivity contribution in [1.29, 1.82) is 0 Å². The Morgan fingerprint density at radius 2 is 1.82 bits per heavy atom. The molecule has 0 saturated heterocycles. The van der Waals surface area contributed by atoms with E-state index in [4.69, 9.17) is 0 Å². The Bertz CT molecular complexity index is 508. The van der Waals surface area contributed by atoms with Crippen molar-refractivity contribution in [1.82, 2.24) is 0 Å². The van der Waals surface area contributed by atoms with Gasteiger partial charge in [-0.05, 0) is 48.4 Å². The summed E-state index contributed by atoms with van der Waals surface area (Å²) in [6.45, 7) is 2.77. The number of nitrogens with one attached hydrogen (secondary N) is 1. The number of benzene rings is 2. The SMILES string of the molecule is Cc1ccc(CNc2ccc(F)cc2)c(Br)c1. The van der Waals surface area contributed by atoms with Gasteiger partial charge in [0.05, 0.1) is 0 Å². The second kappa shape index (κ2) is 5.32. The molecular formula is C14H13BrFN. The molecule has 1 nitrogen and oxygen atoms in total. The van der Waals surface area contributed by atoms with Gasteiger partial charge in [0, 0.05) is 16.7 Å². The molecule has 0 bridgehead atoms. The van der Waals surface area contributed by atoms with Crippen LogP contribution in [-0.4, -0.2) is 0 Å². The van der Waals surface area contributed by atoms with E-state index in [1.54, 1.807) is 12.1 Å². The van der Waals surface area contributed by atoms with Crippen LogP contribution in [0.15, 0.2) is 46.9 Å². The highest BCUT2D eigenvalue weighted by molar-refractivity contribution is 9.10. The van der Waals surface area contributed by atoms with Gasteiger partial charge in [-0.25, -0.2) is 4.39 Å². The zero-order valence-electron chi connectivity index (χ0n) is 9.50. The fourth-order valence-corrected chi connectivity index (χ4v) is 2.19. The Morgan fingerprint density at radius 1 is 1.12 bits per heavy atom. The summed E-state index contributed by atoms with van der Waals surface area (Å²) in [6, 6.07) is 12.6. The maximum absolute atomic E-state index is 12.7. The van der Waals surface area contributed by atoms with Gasteiger partial charge in [0.15, 0.2) is 0 Å². The van der Waals surface area contributed by atoms with E-state index in [1.165, 1.54) is 23.3 Å². The molecular weight excluding hydrogens is 281 g/mol. The maximum atomic E-state index is 12.7. The highest BCUT2D eigenvalue weighted by Crippen LogP contribution is 2.19. The fourth-order valence-electron chi connectivity index (χ4n) is 1.56. The molecule has 2 aromatic carbocycles. The van der Waals surface area contributed by atoms with Gasteiger partial charge in [0.1, 0.15) is 5.82 Å².